The zero-order chi connectivity index (χ0) is 12.0. The van der Waals surface area contributed by atoms with Crippen molar-refractivity contribution in [3.05, 3.63) is 12.3 Å². The summed E-state index contributed by atoms with van der Waals surface area (Å²) in [6, 6.07) is 0. The van der Waals surface area contributed by atoms with Crippen LogP contribution in [-0.2, 0) is 4.79 Å². The lowest BCUT2D eigenvalue weighted by molar-refractivity contribution is -0.138. The van der Waals surface area contributed by atoms with Gasteiger partial charge in [-0.1, -0.05) is 0 Å². The SMILES string of the molecule is CN(C)C=CC(=O)C12CC3CC(CC(C3)C1)C2. The van der Waals surface area contributed by atoms with Crippen LogP contribution in [0, 0.1) is 23.2 Å². The number of allylic oxidation sites excluding steroid dienone is 1. The molecule has 94 valence electrons. The van der Waals surface area contributed by atoms with E-state index < -0.39 is 0 Å². The fourth-order valence-corrected chi connectivity index (χ4v) is 4.81. The predicted octanol–water partition coefficient (Wildman–Crippen LogP) is 2.85. The van der Waals surface area contributed by atoms with Crippen molar-refractivity contribution >= 4 is 5.78 Å². The van der Waals surface area contributed by atoms with Crippen LogP contribution in [0.25, 0.3) is 0 Å². The Morgan fingerprint density at radius 3 is 1.94 bits per heavy atom. The van der Waals surface area contributed by atoms with Crippen molar-refractivity contribution in [2.75, 3.05) is 14.1 Å². The van der Waals surface area contributed by atoms with E-state index in [9.17, 15) is 4.79 Å². The molecule has 0 unspecified atom stereocenters. The van der Waals surface area contributed by atoms with Gasteiger partial charge in [0.05, 0.1) is 0 Å². The summed E-state index contributed by atoms with van der Waals surface area (Å²) in [5.74, 6) is 2.99. The highest BCUT2D eigenvalue weighted by Crippen LogP contribution is 2.60. The van der Waals surface area contributed by atoms with Crippen molar-refractivity contribution in [2.45, 2.75) is 38.5 Å². The lowest BCUT2D eigenvalue weighted by Crippen LogP contribution is -2.49. The molecule has 4 bridgehead atoms. The Balaban J connectivity index is 1.80. The minimum absolute atomic E-state index is 0.0429. The van der Waals surface area contributed by atoms with Gasteiger partial charge in [0, 0.05) is 25.7 Å². The largest absolute Gasteiger partial charge is 0.383 e. The first-order chi connectivity index (χ1) is 8.07. The Morgan fingerprint density at radius 2 is 1.53 bits per heavy atom. The molecule has 4 rings (SSSR count). The van der Waals surface area contributed by atoms with Crippen LogP contribution in [0.2, 0.25) is 0 Å². The Labute approximate surface area is 104 Å². The minimum atomic E-state index is 0.0429. The molecular weight excluding hydrogens is 210 g/mol. The van der Waals surface area contributed by atoms with Crippen molar-refractivity contribution in [1.29, 1.82) is 0 Å². The molecule has 0 aromatic heterocycles. The van der Waals surface area contributed by atoms with E-state index in [2.05, 4.69) is 0 Å². The van der Waals surface area contributed by atoms with Crippen LogP contribution in [0.4, 0.5) is 0 Å². The van der Waals surface area contributed by atoms with Crippen LogP contribution in [0.15, 0.2) is 12.3 Å². The second-order valence-electron chi connectivity index (χ2n) is 6.84. The van der Waals surface area contributed by atoms with Gasteiger partial charge in [-0.05, 0) is 62.4 Å². The first kappa shape index (κ1) is 11.3. The lowest BCUT2D eigenvalue weighted by Gasteiger charge is -2.55. The summed E-state index contributed by atoms with van der Waals surface area (Å²) < 4.78 is 0. The van der Waals surface area contributed by atoms with Gasteiger partial charge in [-0.3, -0.25) is 4.79 Å². The standard InChI is InChI=1S/C15H23NO/c1-16(2)4-3-14(17)15-8-11-5-12(9-15)7-13(6-11)10-15/h3-4,11-13H,5-10H2,1-2H3. The molecule has 0 N–H and O–H groups in total. The van der Waals surface area contributed by atoms with E-state index in [0.29, 0.717) is 5.78 Å². The highest BCUT2D eigenvalue weighted by Gasteiger charge is 2.53. The van der Waals surface area contributed by atoms with Gasteiger partial charge in [0.25, 0.3) is 0 Å². The maximum absolute atomic E-state index is 12.5. The monoisotopic (exact) mass is 233 g/mol. The summed E-state index contributed by atoms with van der Waals surface area (Å²) in [6.07, 6.45) is 11.5. The summed E-state index contributed by atoms with van der Waals surface area (Å²) in [4.78, 5) is 14.4. The summed E-state index contributed by atoms with van der Waals surface area (Å²) in [5.41, 5.74) is 0.0429. The third kappa shape index (κ3) is 1.92. The van der Waals surface area contributed by atoms with E-state index in [4.69, 9.17) is 0 Å². The molecule has 2 heteroatoms. The van der Waals surface area contributed by atoms with Crippen LogP contribution in [0.5, 0.6) is 0 Å². The third-order valence-electron chi connectivity index (χ3n) is 5.08. The molecule has 0 amide bonds. The molecule has 0 aromatic carbocycles. The topological polar surface area (TPSA) is 20.3 Å². The van der Waals surface area contributed by atoms with E-state index >= 15 is 0 Å². The highest BCUT2D eigenvalue weighted by atomic mass is 16.1. The summed E-state index contributed by atoms with van der Waals surface area (Å²) >= 11 is 0. The summed E-state index contributed by atoms with van der Waals surface area (Å²) in [6.45, 7) is 0. The molecular formula is C15H23NO. The fourth-order valence-electron chi connectivity index (χ4n) is 4.81. The van der Waals surface area contributed by atoms with Gasteiger partial charge in [0.1, 0.15) is 0 Å². The molecule has 4 fully saturated rings. The Kier molecular flexibility index (Phi) is 2.57. The lowest BCUT2D eigenvalue weighted by atomic mass is 9.48. The number of ketones is 1. The van der Waals surface area contributed by atoms with Crippen LogP contribution >= 0.6 is 0 Å². The van der Waals surface area contributed by atoms with Gasteiger partial charge in [0.2, 0.25) is 0 Å². The normalized spacial score (nSPS) is 43.3. The van der Waals surface area contributed by atoms with E-state index in [0.717, 1.165) is 17.8 Å². The molecule has 0 saturated heterocycles. The van der Waals surface area contributed by atoms with Gasteiger partial charge in [0.15, 0.2) is 5.78 Å². The first-order valence-corrected chi connectivity index (χ1v) is 6.96. The van der Waals surface area contributed by atoms with Crippen molar-refractivity contribution in [3.63, 3.8) is 0 Å². The molecule has 2 nitrogen and oxygen atoms in total. The second-order valence-corrected chi connectivity index (χ2v) is 6.84. The van der Waals surface area contributed by atoms with Crippen molar-refractivity contribution < 1.29 is 4.79 Å². The molecule has 0 heterocycles. The highest BCUT2D eigenvalue weighted by molar-refractivity contribution is 5.95. The number of hydrogen-bond donors (Lipinski definition) is 0. The molecule has 4 saturated carbocycles. The number of rotatable bonds is 3. The van der Waals surface area contributed by atoms with Crippen molar-refractivity contribution in [1.82, 2.24) is 4.90 Å². The summed E-state index contributed by atoms with van der Waals surface area (Å²) in [7, 11) is 3.95. The molecule has 4 aliphatic carbocycles. The molecule has 17 heavy (non-hydrogen) atoms. The zero-order valence-corrected chi connectivity index (χ0v) is 11.0. The van der Waals surface area contributed by atoms with Crippen LogP contribution in [-0.4, -0.2) is 24.8 Å². The Hall–Kier alpha value is -0.790. The van der Waals surface area contributed by atoms with Crippen LogP contribution in [0.1, 0.15) is 38.5 Å². The Morgan fingerprint density at radius 1 is 1.06 bits per heavy atom. The van der Waals surface area contributed by atoms with E-state index in [1.54, 1.807) is 0 Å². The minimum Gasteiger partial charge on any atom is -0.383 e. The number of carbonyl (C=O) groups excluding carboxylic acids is 1. The molecule has 0 spiro atoms. The quantitative estimate of drug-likeness (QED) is 0.699. The van der Waals surface area contributed by atoms with Crippen LogP contribution < -0.4 is 0 Å². The fraction of sp³-hybridized carbons (Fsp3) is 0.800. The predicted molar refractivity (Wildman–Crippen MR) is 68.4 cm³/mol. The van der Waals surface area contributed by atoms with Gasteiger partial charge in [-0.2, -0.15) is 0 Å². The smallest absolute Gasteiger partial charge is 0.163 e. The van der Waals surface area contributed by atoms with Gasteiger partial charge >= 0.3 is 0 Å². The molecule has 4 aliphatic rings. The number of nitrogens with zero attached hydrogens (tertiary/aromatic N) is 1. The van der Waals surface area contributed by atoms with Gasteiger partial charge in [-0.25, -0.2) is 0 Å². The molecule has 0 aromatic rings. The van der Waals surface area contributed by atoms with E-state index in [-0.39, 0.29) is 5.41 Å². The van der Waals surface area contributed by atoms with Gasteiger partial charge in [-0.15, -0.1) is 0 Å². The first-order valence-electron chi connectivity index (χ1n) is 6.96. The maximum Gasteiger partial charge on any atom is 0.163 e. The van der Waals surface area contributed by atoms with Crippen LogP contribution in [0.3, 0.4) is 0 Å². The van der Waals surface area contributed by atoms with Gasteiger partial charge < -0.3 is 4.90 Å². The average molecular weight is 233 g/mol. The number of carbonyl (C=O) groups is 1. The maximum atomic E-state index is 12.5. The van der Waals surface area contributed by atoms with Crippen molar-refractivity contribution in [2.24, 2.45) is 23.2 Å². The summed E-state index contributed by atoms with van der Waals surface area (Å²) in [5, 5.41) is 0. The molecule has 0 radical (unpaired) electrons. The molecule has 0 aliphatic heterocycles. The van der Waals surface area contributed by atoms with E-state index in [1.807, 2.05) is 31.3 Å². The third-order valence-corrected chi connectivity index (χ3v) is 5.08. The van der Waals surface area contributed by atoms with Crippen molar-refractivity contribution in [3.8, 4) is 0 Å². The van der Waals surface area contributed by atoms with E-state index in [1.165, 1.54) is 38.5 Å². The zero-order valence-electron chi connectivity index (χ0n) is 11.0. The second kappa shape index (κ2) is 3.86. The number of hydrogen-bond acceptors (Lipinski definition) is 2. The Bertz CT molecular complexity index is 321. The molecule has 0 atom stereocenters. The average Bonchev–Trinajstić information content (AvgIpc) is 2.23.